The van der Waals surface area contributed by atoms with Crippen LogP contribution in [0.3, 0.4) is 0 Å². The predicted molar refractivity (Wildman–Crippen MR) is 121 cm³/mol. The zero-order chi connectivity index (χ0) is 18.9. The van der Waals surface area contributed by atoms with Crippen LogP contribution >= 0.6 is 34.4 Å². The minimum Gasteiger partial charge on any atom is -0.339 e. The molecule has 0 N–H and O–H groups in total. The van der Waals surface area contributed by atoms with Crippen LogP contribution in [0, 0.1) is 11.3 Å². The fraction of sp³-hybridized carbons (Fsp3) is 0.0870. The van der Waals surface area contributed by atoms with E-state index < -0.39 is 0 Å². The minimum absolute atomic E-state index is 0.503. The Balaban J connectivity index is 1.60. The van der Waals surface area contributed by atoms with Gasteiger partial charge in [-0.3, -0.25) is 0 Å². The van der Waals surface area contributed by atoms with Crippen LogP contribution in [0.1, 0.15) is 6.42 Å². The standard InChI is InChI=1S/C23H16N2S3/c24-10-3-11-25-18-8-6-16(20-4-1-12-26-20)14-22(18)28-23-15-17(7-9-19(23)25)21-5-2-13-27-21/h1-2,4-9,12-15H,3,11H2. The van der Waals surface area contributed by atoms with Crippen molar-refractivity contribution >= 4 is 45.8 Å². The maximum atomic E-state index is 9.15. The molecule has 0 bridgehead atoms. The van der Waals surface area contributed by atoms with Gasteiger partial charge in [0, 0.05) is 26.1 Å². The summed E-state index contributed by atoms with van der Waals surface area (Å²) >= 11 is 5.35. The molecular formula is C23H16N2S3. The number of nitriles is 1. The summed E-state index contributed by atoms with van der Waals surface area (Å²) in [6.45, 7) is 0.702. The zero-order valence-electron chi connectivity index (χ0n) is 15.0. The second-order valence-corrected chi connectivity index (χ2v) is 9.46. The van der Waals surface area contributed by atoms with E-state index in [9.17, 15) is 0 Å². The van der Waals surface area contributed by atoms with E-state index in [4.69, 9.17) is 5.26 Å². The largest absolute Gasteiger partial charge is 0.339 e. The first-order valence-corrected chi connectivity index (χ1v) is 11.6. The number of thiophene rings is 2. The first kappa shape index (κ1) is 17.6. The molecule has 0 radical (unpaired) electrons. The van der Waals surface area contributed by atoms with E-state index in [0.29, 0.717) is 13.0 Å². The van der Waals surface area contributed by atoms with Gasteiger partial charge in [-0.1, -0.05) is 36.0 Å². The van der Waals surface area contributed by atoms with Gasteiger partial charge in [-0.2, -0.15) is 5.26 Å². The maximum absolute atomic E-state index is 9.15. The molecule has 0 unspecified atom stereocenters. The monoisotopic (exact) mass is 416 g/mol. The first-order valence-electron chi connectivity index (χ1n) is 9.02. The van der Waals surface area contributed by atoms with Gasteiger partial charge in [-0.25, -0.2) is 0 Å². The molecule has 0 aliphatic carbocycles. The van der Waals surface area contributed by atoms with Crippen LogP contribution < -0.4 is 4.90 Å². The van der Waals surface area contributed by atoms with E-state index in [-0.39, 0.29) is 0 Å². The number of nitrogens with zero attached hydrogens (tertiary/aromatic N) is 2. The van der Waals surface area contributed by atoms with Crippen molar-refractivity contribution in [3.05, 3.63) is 71.4 Å². The molecule has 28 heavy (non-hydrogen) atoms. The van der Waals surface area contributed by atoms with Crippen LogP contribution in [0.15, 0.2) is 81.2 Å². The molecule has 5 heteroatoms. The third-order valence-electron chi connectivity index (χ3n) is 4.78. The molecule has 2 aromatic carbocycles. The van der Waals surface area contributed by atoms with E-state index in [0.717, 1.165) is 0 Å². The Kier molecular flexibility index (Phi) is 4.69. The van der Waals surface area contributed by atoms with Gasteiger partial charge in [-0.05, 0) is 58.3 Å². The lowest BCUT2D eigenvalue weighted by atomic mass is 10.1. The molecule has 0 atom stereocenters. The maximum Gasteiger partial charge on any atom is 0.0640 e. The molecule has 1 aliphatic heterocycles. The van der Waals surface area contributed by atoms with Crippen LogP contribution in [0.5, 0.6) is 0 Å². The Morgan fingerprint density at radius 3 is 1.82 bits per heavy atom. The van der Waals surface area contributed by atoms with Gasteiger partial charge in [0.25, 0.3) is 0 Å². The molecule has 0 amide bonds. The van der Waals surface area contributed by atoms with Crippen LogP contribution in [0.2, 0.25) is 0 Å². The lowest BCUT2D eigenvalue weighted by Crippen LogP contribution is -2.21. The van der Waals surface area contributed by atoms with Crippen LogP contribution in [0.4, 0.5) is 11.4 Å². The molecule has 0 fully saturated rings. The van der Waals surface area contributed by atoms with E-state index in [2.05, 4.69) is 82.4 Å². The van der Waals surface area contributed by atoms with Crippen molar-refractivity contribution in [1.29, 1.82) is 5.26 Å². The minimum atomic E-state index is 0.503. The van der Waals surface area contributed by atoms with E-state index in [1.807, 2.05) is 11.8 Å². The third-order valence-corrected chi connectivity index (χ3v) is 7.71. The molecule has 0 spiro atoms. The van der Waals surface area contributed by atoms with Gasteiger partial charge in [-0.15, -0.1) is 22.7 Å². The van der Waals surface area contributed by atoms with Gasteiger partial charge >= 0.3 is 0 Å². The third kappa shape index (κ3) is 3.14. The van der Waals surface area contributed by atoms with Gasteiger partial charge < -0.3 is 4.90 Å². The van der Waals surface area contributed by atoms with Crippen molar-refractivity contribution in [3.8, 4) is 27.0 Å². The number of hydrogen-bond acceptors (Lipinski definition) is 5. The smallest absolute Gasteiger partial charge is 0.0640 e. The summed E-state index contributed by atoms with van der Waals surface area (Å²) < 4.78 is 0. The molecular weight excluding hydrogens is 400 g/mol. The van der Waals surface area contributed by atoms with Crippen molar-refractivity contribution in [2.75, 3.05) is 11.4 Å². The number of hydrogen-bond donors (Lipinski definition) is 0. The summed E-state index contributed by atoms with van der Waals surface area (Å²) in [7, 11) is 0. The highest BCUT2D eigenvalue weighted by Crippen LogP contribution is 2.50. The zero-order valence-corrected chi connectivity index (χ0v) is 17.4. The fourth-order valence-electron chi connectivity index (χ4n) is 3.48. The highest BCUT2D eigenvalue weighted by atomic mass is 32.2. The highest BCUT2D eigenvalue weighted by Gasteiger charge is 2.24. The quantitative estimate of drug-likeness (QED) is 0.342. The van der Waals surface area contributed by atoms with Crippen molar-refractivity contribution in [1.82, 2.24) is 0 Å². The lowest BCUT2D eigenvalue weighted by molar-refractivity contribution is 0.920. The molecule has 3 heterocycles. The molecule has 0 saturated heterocycles. The number of anilines is 2. The second kappa shape index (κ2) is 7.48. The van der Waals surface area contributed by atoms with E-state index in [1.54, 1.807) is 22.7 Å². The molecule has 0 saturated carbocycles. The summed E-state index contributed by atoms with van der Waals surface area (Å²) in [5.41, 5.74) is 4.88. The average molecular weight is 417 g/mol. The Labute approximate surface area is 176 Å². The van der Waals surface area contributed by atoms with Crippen molar-refractivity contribution in [2.45, 2.75) is 16.2 Å². The summed E-state index contributed by atoms with van der Waals surface area (Å²) in [6, 6.07) is 24.2. The normalized spacial score (nSPS) is 12.3. The average Bonchev–Trinajstić information content (AvgIpc) is 3.44. The Hall–Kier alpha value is -2.52. The summed E-state index contributed by atoms with van der Waals surface area (Å²) in [5, 5.41) is 13.4. The first-order chi connectivity index (χ1) is 13.8. The topological polar surface area (TPSA) is 27.0 Å². The number of rotatable bonds is 4. The molecule has 136 valence electrons. The molecule has 2 aromatic heterocycles. The Bertz CT molecular complexity index is 1070. The van der Waals surface area contributed by atoms with E-state index in [1.165, 1.54) is 42.0 Å². The second-order valence-electron chi connectivity index (χ2n) is 6.48. The SMILES string of the molecule is N#CCCN1c2ccc(-c3cccs3)cc2Sc2cc(-c3cccs3)ccc21. The van der Waals surface area contributed by atoms with Crippen LogP contribution in [-0.2, 0) is 0 Å². The van der Waals surface area contributed by atoms with Crippen molar-refractivity contribution < 1.29 is 0 Å². The van der Waals surface area contributed by atoms with Crippen molar-refractivity contribution in [2.24, 2.45) is 0 Å². The molecule has 4 aromatic rings. The van der Waals surface area contributed by atoms with Gasteiger partial charge in [0.05, 0.1) is 23.9 Å². The van der Waals surface area contributed by atoms with Gasteiger partial charge in [0.2, 0.25) is 0 Å². The molecule has 1 aliphatic rings. The Morgan fingerprint density at radius 1 is 0.786 bits per heavy atom. The number of fused-ring (bicyclic) bond motifs is 2. The lowest BCUT2D eigenvalue weighted by Gasteiger charge is -2.33. The Morgan fingerprint density at radius 2 is 1.36 bits per heavy atom. The van der Waals surface area contributed by atoms with Gasteiger partial charge in [0.15, 0.2) is 0 Å². The van der Waals surface area contributed by atoms with Crippen LogP contribution in [-0.4, -0.2) is 6.54 Å². The van der Waals surface area contributed by atoms with Gasteiger partial charge in [0.1, 0.15) is 0 Å². The van der Waals surface area contributed by atoms with Crippen molar-refractivity contribution in [3.63, 3.8) is 0 Å². The van der Waals surface area contributed by atoms with Crippen LogP contribution in [0.25, 0.3) is 20.9 Å². The molecule has 2 nitrogen and oxygen atoms in total. The van der Waals surface area contributed by atoms with E-state index >= 15 is 0 Å². The predicted octanol–water partition coefficient (Wildman–Crippen LogP) is 7.66. The number of benzene rings is 2. The highest BCUT2D eigenvalue weighted by molar-refractivity contribution is 7.99. The summed E-state index contributed by atoms with van der Waals surface area (Å²) in [6.07, 6.45) is 0.503. The fourth-order valence-corrected chi connectivity index (χ4v) is 6.10. The molecule has 5 rings (SSSR count). The summed E-state index contributed by atoms with van der Waals surface area (Å²) in [4.78, 5) is 7.36. The summed E-state index contributed by atoms with van der Waals surface area (Å²) in [5.74, 6) is 0.